The van der Waals surface area contributed by atoms with Crippen LogP contribution in [0.15, 0.2) is 61.4 Å². The summed E-state index contributed by atoms with van der Waals surface area (Å²) in [4.78, 5) is 19.1. The molecule has 176 valence electrons. The van der Waals surface area contributed by atoms with Gasteiger partial charge in [0.15, 0.2) is 0 Å². The zero-order valence-corrected chi connectivity index (χ0v) is 22.2. The molecule has 4 heterocycles. The van der Waals surface area contributed by atoms with Gasteiger partial charge in [0.25, 0.3) is 0 Å². The second kappa shape index (κ2) is 8.99. The zero-order valence-electron chi connectivity index (χ0n) is 20.7. The van der Waals surface area contributed by atoms with E-state index in [1.807, 2.05) is 0 Å². The van der Waals surface area contributed by atoms with Crippen molar-refractivity contribution in [1.29, 1.82) is 0 Å². The van der Waals surface area contributed by atoms with E-state index in [0.29, 0.717) is 5.57 Å². The molecule has 4 aliphatic heterocycles. The first-order valence-corrected chi connectivity index (χ1v) is 11.6. The van der Waals surface area contributed by atoms with Crippen LogP contribution in [0, 0.1) is 16.2 Å². The number of hydrogen-bond donors (Lipinski definition) is 0. The van der Waals surface area contributed by atoms with Crippen molar-refractivity contribution in [2.24, 2.45) is 36.2 Å². The molecule has 0 aromatic carbocycles. The van der Waals surface area contributed by atoms with Crippen molar-refractivity contribution in [2.45, 2.75) is 73.6 Å². The maximum atomic E-state index is 9.77. The second-order valence-electron chi connectivity index (χ2n) is 11.4. The monoisotopic (exact) mass is 534 g/mol. The molecule has 4 aliphatic rings. The first-order valence-electron chi connectivity index (χ1n) is 11.6. The van der Waals surface area contributed by atoms with Crippen LogP contribution in [-0.4, -0.2) is 35.3 Å². The molecule has 0 spiro atoms. The smallest absolute Gasteiger partial charge is 0.763 e. The molecule has 0 aromatic rings. The molecule has 33 heavy (non-hydrogen) atoms. The van der Waals surface area contributed by atoms with Gasteiger partial charge in [0.2, 0.25) is 0 Å². The van der Waals surface area contributed by atoms with Gasteiger partial charge in [-0.3, -0.25) is 25.8 Å². The van der Waals surface area contributed by atoms with Gasteiger partial charge in [0, 0.05) is 81.9 Å². The SMILES string of the molecule is C=C1N=C(C=C2N=C(C=C3N=C(C(=C=[N-])C4=NCCC4)CC3(C)C)CC2(C)C)CC1(C)C.[Pd+2]. The van der Waals surface area contributed by atoms with Gasteiger partial charge in [-0.05, 0) is 25.0 Å². The Labute approximate surface area is 211 Å². The molecule has 0 saturated carbocycles. The fraction of sp³-hybridized carbons (Fsp3) is 0.556. The summed E-state index contributed by atoms with van der Waals surface area (Å²) in [5, 5.41) is 9.77. The molecular formula is C27H34N5Pd+. The van der Waals surface area contributed by atoms with Crippen LogP contribution >= 0.6 is 0 Å². The Morgan fingerprint density at radius 1 is 0.848 bits per heavy atom. The van der Waals surface area contributed by atoms with Crippen molar-refractivity contribution in [1.82, 2.24) is 0 Å². The van der Waals surface area contributed by atoms with Crippen LogP contribution in [0.3, 0.4) is 0 Å². The molecule has 6 heteroatoms. The van der Waals surface area contributed by atoms with E-state index in [1.165, 1.54) is 0 Å². The maximum Gasteiger partial charge on any atom is 2.00 e. The van der Waals surface area contributed by atoms with Gasteiger partial charge < -0.3 is 5.41 Å². The molecule has 0 atom stereocenters. The molecule has 5 nitrogen and oxygen atoms in total. The quantitative estimate of drug-likeness (QED) is 0.301. The topological polar surface area (TPSA) is 71.7 Å². The average Bonchev–Trinajstić information content (AvgIpc) is 3.40. The van der Waals surface area contributed by atoms with Crippen LogP contribution in [0.2, 0.25) is 0 Å². The summed E-state index contributed by atoms with van der Waals surface area (Å²) >= 11 is 0. The number of nitrogens with zero attached hydrogens (tertiary/aromatic N) is 5. The number of hydrogen-bond acceptors (Lipinski definition) is 4. The standard InChI is InChI=1S/C27H34N5.Pd/c1-17-25(2,3)13-18(30-17)11-23-26(4,5)14-19(31-23)12-24-27(6,7)15-22(32-24)20(16-28)21-9-8-10-29-21;/h11-12H,1,8-10,13-15H2,2-7H3;/q-1;+2. The van der Waals surface area contributed by atoms with Crippen LogP contribution in [-0.2, 0) is 20.4 Å². The fourth-order valence-electron chi connectivity index (χ4n) is 4.77. The van der Waals surface area contributed by atoms with Gasteiger partial charge in [0.05, 0.1) is 5.71 Å². The van der Waals surface area contributed by atoms with Gasteiger partial charge in [-0.1, -0.05) is 48.1 Å². The summed E-state index contributed by atoms with van der Waals surface area (Å²) in [6.07, 6.45) is 8.71. The first-order chi connectivity index (χ1) is 14.9. The largest absolute Gasteiger partial charge is 2.00 e. The van der Waals surface area contributed by atoms with Crippen molar-refractivity contribution in [3.8, 4) is 0 Å². The fourth-order valence-corrected chi connectivity index (χ4v) is 4.77. The van der Waals surface area contributed by atoms with E-state index in [2.05, 4.69) is 71.1 Å². The van der Waals surface area contributed by atoms with E-state index >= 15 is 0 Å². The number of rotatable bonds is 4. The van der Waals surface area contributed by atoms with E-state index in [-0.39, 0.29) is 36.7 Å². The Balaban J connectivity index is 0.00000306. The van der Waals surface area contributed by atoms with Gasteiger partial charge in [-0.25, -0.2) is 0 Å². The Morgan fingerprint density at radius 2 is 1.42 bits per heavy atom. The minimum absolute atomic E-state index is 0. The summed E-state index contributed by atoms with van der Waals surface area (Å²) in [5.74, 6) is 2.38. The zero-order chi connectivity index (χ0) is 23.3. The predicted octanol–water partition coefficient (Wildman–Crippen LogP) is 6.28. The third-order valence-electron chi connectivity index (χ3n) is 6.99. The third kappa shape index (κ3) is 5.09. The van der Waals surface area contributed by atoms with Crippen LogP contribution in [0.25, 0.3) is 5.41 Å². The van der Waals surface area contributed by atoms with Crippen LogP contribution in [0.1, 0.15) is 73.6 Å². The van der Waals surface area contributed by atoms with Gasteiger partial charge in [-0.15, -0.1) is 0 Å². The molecule has 0 saturated heterocycles. The van der Waals surface area contributed by atoms with E-state index in [1.54, 1.807) is 0 Å². The Hall–Kier alpha value is -1.99. The predicted molar refractivity (Wildman–Crippen MR) is 136 cm³/mol. The van der Waals surface area contributed by atoms with Crippen LogP contribution in [0.5, 0.6) is 0 Å². The van der Waals surface area contributed by atoms with Crippen molar-refractivity contribution in [3.05, 3.63) is 46.8 Å². The number of aliphatic imine (C=N–C) groups is 4. The summed E-state index contributed by atoms with van der Waals surface area (Å²) < 4.78 is 0. The molecule has 0 amide bonds. The molecular weight excluding hydrogens is 501 g/mol. The minimum Gasteiger partial charge on any atom is -0.763 e. The van der Waals surface area contributed by atoms with Crippen molar-refractivity contribution in [3.63, 3.8) is 0 Å². The Kier molecular flexibility index (Phi) is 6.98. The normalized spacial score (nSPS) is 27.2. The number of allylic oxidation sites excluding steroid dienone is 6. The molecule has 0 fully saturated rings. The first kappa shape index (κ1) is 25.6. The molecule has 0 N–H and O–H groups in total. The molecule has 4 rings (SSSR count). The third-order valence-corrected chi connectivity index (χ3v) is 6.99. The van der Waals surface area contributed by atoms with E-state index in [4.69, 9.17) is 15.0 Å². The molecule has 0 radical (unpaired) electrons. The van der Waals surface area contributed by atoms with Gasteiger partial charge >= 0.3 is 20.4 Å². The van der Waals surface area contributed by atoms with Crippen molar-refractivity contribution in [2.75, 3.05) is 6.54 Å². The maximum absolute atomic E-state index is 9.77. The Bertz CT molecular complexity index is 1120. The molecule has 0 bridgehead atoms. The summed E-state index contributed by atoms with van der Waals surface area (Å²) in [7, 11) is 0. The minimum atomic E-state index is -0.132. The van der Waals surface area contributed by atoms with Crippen LogP contribution < -0.4 is 0 Å². The average molecular weight is 535 g/mol. The summed E-state index contributed by atoms with van der Waals surface area (Å²) in [6, 6.07) is 0. The molecule has 0 aromatic heterocycles. The van der Waals surface area contributed by atoms with E-state index < -0.39 is 0 Å². The van der Waals surface area contributed by atoms with Crippen LogP contribution in [0.4, 0.5) is 0 Å². The molecule has 0 aliphatic carbocycles. The Morgan fingerprint density at radius 3 is 1.97 bits per heavy atom. The van der Waals surface area contributed by atoms with E-state index in [9.17, 15) is 5.41 Å². The van der Waals surface area contributed by atoms with E-state index in [0.717, 1.165) is 78.6 Å². The summed E-state index contributed by atoms with van der Waals surface area (Å²) in [6.45, 7) is 18.2. The van der Waals surface area contributed by atoms with Crippen molar-refractivity contribution < 1.29 is 20.4 Å². The van der Waals surface area contributed by atoms with Gasteiger partial charge in [0.1, 0.15) is 0 Å². The summed E-state index contributed by atoms with van der Waals surface area (Å²) in [5.41, 5.74) is 7.42. The second-order valence-corrected chi connectivity index (χ2v) is 11.4. The van der Waals surface area contributed by atoms with Gasteiger partial charge in [-0.2, -0.15) is 0 Å². The molecule has 0 unspecified atom stereocenters. The van der Waals surface area contributed by atoms with Crippen molar-refractivity contribution >= 4 is 28.7 Å².